The Morgan fingerprint density at radius 2 is 1.77 bits per heavy atom. The lowest BCUT2D eigenvalue weighted by molar-refractivity contribution is -0.137. The van der Waals surface area contributed by atoms with Crippen molar-refractivity contribution in [2.75, 3.05) is 29.5 Å². The molecule has 1 aliphatic rings. The van der Waals surface area contributed by atoms with Gasteiger partial charge in [0.15, 0.2) is 5.82 Å². The summed E-state index contributed by atoms with van der Waals surface area (Å²) < 4.78 is 75.8. The number of anilines is 3. The van der Waals surface area contributed by atoms with Gasteiger partial charge in [-0.25, -0.2) is 23.1 Å². The summed E-state index contributed by atoms with van der Waals surface area (Å²) in [6.45, 7) is 5.17. The molecule has 5 N–H and O–H groups in total. The number of nitrogens with one attached hydrogen (secondary N) is 2. The number of benzene rings is 2. The van der Waals surface area contributed by atoms with Crippen molar-refractivity contribution in [2.24, 2.45) is 0 Å². The molecule has 0 spiro atoms. The van der Waals surface area contributed by atoms with Gasteiger partial charge in [0.05, 0.1) is 41.4 Å². The number of nitrogens with two attached hydrogens (primary N) is 1. The van der Waals surface area contributed by atoms with Crippen LogP contribution in [-0.2, 0) is 24.1 Å². The lowest BCUT2D eigenvalue weighted by Crippen LogP contribution is -2.45. The molecule has 1 fully saturated rings. The van der Waals surface area contributed by atoms with Crippen molar-refractivity contribution >= 4 is 28.7 Å². The van der Waals surface area contributed by atoms with Crippen molar-refractivity contribution < 1.29 is 36.6 Å². The Labute approximate surface area is 242 Å². The summed E-state index contributed by atoms with van der Waals surface area (Å²) in [5.41, 5.74) is 6.12. The Balaban J connectivity index is 1.45. The number of urea groups is 1. The summed E-state index contributed by atoms with van der Waals surface area (Å²) >= 11 is 0. The highest BCUT2D eigenvalue weighted by Gasteiger charge is 2.32. The zero-order valence-corrected chi connectivity index (χ0v) is 23.0. The van der Waals surface area contributed by atoms with Gasteiger partial charge in [-0.2, -0.15) is 18.3 Å². The minimum atomic E-state index is -4.76. The predicted molar refractivity (Wildman–Crippen MR) is 148 cm³/mol. The first-order chi connectivity index (χ1) is 20.3. The standard InChI is InChI=1S/C28H28F5N7O3/c1-14-9-39(10-15(2)43-14)11-23-18(12-41)24(25-26(34)35-13-36-40(23)25)16-3-6-21(20(30)7-16)37-27(42)38-22-8-17(28(31,32)33)4-5-19(22)29/h3-8,13-15,41H,9-12H2,1-2H3,(H2,34,35,36)(H2,37,38,42)/t14-,15+. The molecule has 0 aliphatic carbocycles. The van der Waals surface area contributed by atoms with Crippen molar-refractivity contribution in [1.29, 1.82) is 0 Å². The third-order valence-electron chi connectivity index (χ3n) is 7.04. The normalized spacial score (nSPS) is 17.8. The number of fused-ring (bicyclic) bond motifs is 1. The fraction of sp³-hybridized carbons (Fsp3) is 0.321. The second-order valence-electron chi connectivity index (χ2n) is 10.3. The molecule has 15 heteroatoms. The van der Waals surface area contributed by atoms with E-state index in [4.69, 9.17) is 10.5 Å². The van der Waals surface area contributed by atoms with E-state index in [1.165, 1.54) is 18.5 Å². The fourth-order valence-corrected chi connectivity index (χ4v) is 5.33. The summed E-state index contributed by atoms with van der Waals surface area (Å²) in [6, 6.07) is 4.17. The van der Waals surface area contributed by atoms with E-state index in [1.807, 2.05) is 19.2 Å². The van der Waals surface area contributed by atoms with E-state index in [0.29, 0.717) is 65.7 Å². The number of nitrogen functional groups attached to an aromatic ring is 1. The Bertz CT molecular complexity index is 1670. The zero-order valence-electron chi connectivity index (χ0n) is 23.0. The fourth-order valence-electron chi connectivity index (χ4n) is 5.33. The van der Waals surface area contributed by atoms with E-state index < -0.39 is 41.7 Å². The first-order valence-corrected chi connectivity index (χ1v) is 13.2. The molecule has 0 radical (unpaired) electrons. The summed E-state index contributed by atoms with van der Waals surface area (Å²) in [7, 11) is 0. The number of ether oxygens (including phenoxy) is 1. The van der Waals surface area contributed by atoms with E-state index in [0.717, 1.165) is 6.07 Å². The molecule has 2 atom stereocenters. The minimum absolute atomic E-state index is 0.0110. The highest BCUT2D eigenvalue weighted by atomic mass is 19.4. The van der Waals surface area contributed by atoms with Gasteiger partial charge in [0.25, 0.3) is 0 Å². The number of carbonyl (C=O) groups is 1. The summed E-state index contributed by atoms with van der Waals surface area (Å²) in [4.78, 5) is 18.7. The molecule has 43 heavy (non-hydrogen) atoms. The van der Waals surface area contributed by atoms with Crippen molar-refractivity contribution in [3.8, 4) is 11.1 Å². The average Bonchev–Trinajstić information content (AvgIpc) is 3.24. The molecular formula is C28H28F5N7O3. The first-order valence-electron chi connectivity index (χ1n) is 13.2. The van der Waals surface area contributed by atoms with Gasteiger partial charge in [-0.05, 0) is 49.7 Å². The number of nitrogens with zero attached hydrogens (tertiary/aromatic N) is 4. The smallest absolute Gasteiger partial charge is 0.392 e. The lowest BCUT2D eigenvalue weighted by Gasteiger charge is -2.35. The van der Waals surface area contributed by atoms with Gasteiger partial charge in [-0.1, -0.05) is 6.07 Å². The SMILES string of the molecule is C[C@@H]1CN(Cc2c(CO)c(-c3ccc(NC(=O)Nc4cc(C(F)(F)F)ccc4F)c(F)c3)c3c(N)ncnn23)C[C@H](C)O1. The third-order valence-corrected chi connectivity index (χ3v) is 7.04. The van der Waals surface area contributed by atoms with Gasteiger partial charge in [-0.15, -0.1) is 0 Å². The Morgan fingerprint density at radius 3 is 2.42 bits per heavy atom. The van der Waals surface area contributed by atoms with Crippen molar-refractivity contribution in [3.63, 3.8) is 0 Å². The summed E-state index contributed by atoms with van der Waals surface area (Å²) in [5, 5.41) is 18.9. The number of amides is 2. The van der Waals surface area contributed by atoms with Crippen LogP contribution < -0.4 is 16.4 Å². The number of hydrogen-bond donors (Lipinski definition) is 4. The van der Waals surface area contributed by atoms with Crippen LogP contribution in [0.15, 0.2) is 42.7 Å². The maximum absolute atomic E-state index is 15.3. The van der Waals surface area contributed by atoms with E-state index in [2.05, 4.69) is 20.3 Å². The predicted octanol–water partition coefficient (Wildman–Crippen LogP) is 5.02. The minimum Gasteiger partial charge on any atom is -0.392 e. The van der Waals surface area contributed by atoms with Gasteiger partial charge < -0.3 is 26.2 Å². The zero-order chi connectivity index (χ0) is 31.1. The number of alkyl halides is 3. The number of rotatable bonds is 6. The second-order valence-corrected chi connectivity index (χ2v) is 10.3. The number of aromatic nitrogens is 3. The molecule has 2 amide bonds. The number of aliphatic hydroxyl groups excluding tert-OH is 1. The number of halogens is 5. The molecule has 5 rings (SSSR count). The molecule has 2 aromatic heterocycles. The number of hydrogen-bond acceptors (Lipinski definition) is 7. The average molecular weight is 606 g/mol. The molecule has 1 saturated heterocycles. The highest BCUT2D eigenvalue weighted by molar-refractivity contribution is 6.00. The number of carbonyl (C=O) groups excluding carboxylic acids is 1. The van der Waals surface area contributed by atoms with Crippen LogP contribution >= 0.6 is 0 Å². The van der Waals surface area contributed by atoms with E-state index in [9.17, 15) is 27.5 Å². The molecule has 0 unspecified atom stereocenters. The summed E-state index contributed by atoms with van der Waals surface area (Å²) in [5.74, 6) is -1.92. The molecule has 228 valence electrons. The highest BCUT2D eigenvalue weighted by Crippen LogP contribution is 2.37. The van der Waals surface area contributed by atoms with Gasteiger partial charge in [0.2, 0.25) is 0 Å². The van der Waals surface area contributed by atoms with Gasteiger partial charge in [0.1, 0.15) is 23.5 Å². The lowest BCUT2D eigenvalue weighted by atomic mass is 10.0. The van der Waals surface area contributed by atoms with Crippen LogP contribution in [0.25, 0.3) is 16.6 Å². The van der Waals surface area contributed by atoms with Crippen LogP contribution in [-0.4, -0.2) is 55.9 Å². The second kappa shape index (κ2) is 11.7. The molecule has 3 heterocycles. The van der Waals surface area contributed by atoms with Crippen molar-refractivity contribution in [2.45, 2.75) is 45.4 Å². The van der Waals surface area contributed by atoms with Crippen LogP contribution in [0.4, 0.5) is 43.9 Å². The number of morpholine rings is 1. The van der Waals surface area contributed by atoms with Gasteiger partial charge in [0, 0.05) is 30.8 Å². The first kappa shape index (κ1) is 30.1. The molecule has 0 saturated carbocycles. The van der Waals surface area contributed by atoms with Crippen LogP contribution in [0, 0.1) is 11.6 Å². The van der Waals surface area contributed by atoms with Crippen LogP contribution in [0.2, 0.25) is 0 Å². The number of aliphatic hydroxyl groups is 1. The topological polar surface area (TPSA) is 130 Å². The molecule has 0 bridgehead atoms. The molecule has 10 nitrogen and oxygen atoms in total. The van der Waals surface area contributed by atoms with E-state index in [1.54, 1.807) is 4.52 Å². The maximum atomic E-state index is 15.3. The van der Waals surface area contributed by atoms with E-state index in [-0.39, 0.29) is 23.7 Å². The molecule has 2 aromatic carbocycles. The van der Waals surface area contributed by atoms with Gasteiger partial charge in [-0.3, -0.25) is 4.90 Å². The summed E-state index contributed by atoms with van der Waals surface area (Å²) in [6.07, 6.45) is -3.50. The Kier molecular flexibility index (Phi) is 8.23. The third kappa shape index (κ3) is 6.23. The van der Waals surface area contributed by atoms with Crippen molar-refractivity contribution in [3.05, 3.63) is 71.2 Å². The van der Waals surface area contributed by atoms with E-state index >= 15 is 4.39 Å². The van der Waals surface area contributed by atoms with Crippen LogP contribution in [0.1, 0.15) is 30.7 Å². The Morgan fingerprint density at radius 1 is 1.07 bits per heavy atom. The quantitative estimate of drug-likeness (QED) is 0.227. The maximum Gasteiger partial charge on any atom is 0.416 e. The van der Waals surface area contributed by atoms with Crippen molar-refractivity contribution in [1.82, 2.24) is 19.5 Å². The largest absolute Gasteiger partial charge is 0.416 e. The molecule has 1 aliphatic heterocycles. The monoisotopic (exact) mass is 605 g/mol. The molecular weight excluding hydrogens is 577 g/mol. The van der Waals surface area contributed by atoms with Crippen LogP contribution in [0.5, 0.6) is 0 Å². The van der Waals surface area contributed by atoms with Crippen LogP contribution in [0.3, 0.4) is 0 Å². The Hall–Kier alpha value is -4.34. The molecule has 4 aromatic rings. The van der Waals surface area contributed by atoms with Gasteiger partial charge >= 0.3 is 12.2 Å².